The number of nitriles is 3. The average Bonchev–Trinajstić information content (AvgIpc) is 1.77. The number of β-amino-alcohol motifs (C(OH)–C–C–N with tert-alkyl or cyclic N) is 3. The van der Waals surface area contributed by atoms with Crippen molar-refractivity contribution in [2.24, 2.45) is 10.8 Å². The zero-order chi connectivity index (χ0) is 106. The van der Waals surface area contributed by atoms with Crippen molar-refractivity contribution in [1.82, 2.24) is 54.8 Å². The maximum Gasteiger partial charge on any atom is 0.310 e. The van der Waals surface area contributed by atoms with Crippen LogP contribution in [0.3, 0.4) is 0 Å². The Morgan fingerprint density at radius 1 is 0.459 bits per heavy atom. The molecule has 34 heteroatoms. The molecule has 0 saturated carbocycles. The number of carbonyl (C=O) groups is 7. The van der Waals surface area contributed by atoms with Crippen LogP contribution in [0.15, 0.2) is 194 Å². The molecule has 5 saturated heterocycles. The monoisotopic (exact) mass is 2130 g/mol. The number of carboxylic acid groups (broad SMARTS) is 2. The predicted molar refractivity (Wildman–Crippen MR) is 583 cm³/mol. The van der Waals surface area contributed by atoms with Gasteiger partial charge in [0.25, 0.3) is 17.7 Å². The molecule has 3 amide bonds. The molecule has 762 valence electrons. The van der Waals surface area contributed by atoms with E-state index in [0.29, 0.717) is 183 Å². The number of rotatable bonds is 26. The van der Waals surface area contributed by atoms with Crippen LogP contribution >= 0.6 is 63.1 Å². The molecule has 148 heavy (non-hydrogen) atoms. The van der Waals surface area contributed by atoms with Gasteiger partial charge in [0.15, 0.2) is 0 Å². The number of hydrogen-bond acceptors (Lipinski definition) is 24. The van der Waals surface area contributed by atoms with Crippen molar-refractivity contribution >= 4 is 153 Å². The second-order valence-electron chi connectivity index (χ2n) is 37.6. The summed E-state index contributed by atoms with van der Waals surface area (Å²) in [6, 6.07) is 50.5. The third kappa shape index (κ3) is 28.7. The van der Waals surface area contributed by atoms with E-state index in [-0.39, 0.29) is 48.4 Å². The van der Waals surface area contributed by atoms with Gasteiger partial charge in [-0.3, -0.25) is 83.1 Å². The number of carbonyl (C=O) groups excluding carboxylic acids is 5. The Kier molecular flexibility index (Phi) is 39.6. The van der Waals surface area contributed by atoms with Crippen molar-refractivity contribution in [1.29, 1.82) is 15.8 Å². The minimum Gasteiger partial charge on any atom is -0.481 e. The van der Waals surface area contributed by atoms with Gasteiger partial charge < -0.3 is 46.8 Å². The molecule has 11 heterocycles. The lowest BCUT2D eigenvalue weighted by molar-refractivity contribution is -0.147. The van der Waals surface area contributed by atoms with Gasteiger partial charge in [0.05, 0.1) is 67.9 Å². The van der Waals surface area contributed by atoms with Gasteiger partial charge in [-0.1, -0.05) is 114 Å². The van der Waals surface area contributed by atoms with Crippen molar-refractivity contribution < 1.29 is 59.1 Å². The molecule has 29 nitrogen and oxygen atoms in total. The minimum atomic E-state index is -0.768. The number of likely N-dealkylation sites (tertiary alicyclic amines) is 4. The van der Waals surface area contributed by atoms with Gasteiger partial charge in [0, 0.05) is 175 Å². The molecular formula is C114H114BrCl4N17O12. The van der Waals surface area contributed by atoms with Gasteiger partial charge in [0.2, 0.25) is 0 Å². The first-order valence-electron chi connectivity index (χ1n) is 47.8. The third-order valence-corrected chi connectivity index (χ3v) is 28.7. The highest BCUT2D eigenvalue weighted by molar-refractivity contribution is 9.10. The molecule has 9 N–H and O–H groups in total. The van der Waals surface area contributed by atoms with Gasteiger partial charge in [-0.2, -0.15) is 15.8 Å². The van der Waals surface area contributed by atoms with E-state index in [0.717, 1.165) is 152 Å². The number of aromatic nitrogens is 6. The van der Waals surface area contributed by atoms with Crippen LogP contribution < -0.4 is 21.3 Å². The molecule has 5 aliphatic heterocycles. The Morgan fingerprint density at radius 2 is 0.838 bits per heavy atom. The number of aldehydes is 2. The first kappa shape index (κ1) is 113. The van der Waals surface area contributed by atoms with Crippen LogP contribution in [0.5, 0.6) is 0 Å². The fourth-order valence-corrected chi connectivity index (χ4v) is 19.1. The number of aryl methyl sites for hydroxylation is 3. The Labute approximate surface area is 889 Å². The van der Waals surface area contributed by atoms with Crippen LogP contribution in [-0.4, -0.2) is 201 Å². The highest BCUT2D eigenvalue weighted by atomic mass is 79.9. The molecule has 5 fully saturated rings. The number of halogens is 5. The Bertz CT molecular complexity index is 7150. The third-order valence-electron chi connectivity index (χ3n) is 26.8. The summed E-state index contributed by atoms with van der Waals surface area (Å²) >= 11 is 22.1. The Balaban J connectivity index is 0.000000181. The number of anilines is 3. The van der Waals surface area contributed by atoms with Gasteiger partial charge in [0.1, 0.15) is 47.9 Å². The van der Waals surface area contributed by atoms with E-state index in [1.165, 1.54) is 0 Å². The van der Waals surface area contributed by atoms with Crippen molar-refractivity contribution in [3.05, 3.63) is 338 Å². The van der Waals surface area contributed by atoms with Crippen LogP contribution in [0.1, 0.15) is 199 Å². The van der Waals surface area contributed by atoms with Crippen LogP contribution in [0.2, 0.25) is 15.1 Å². The van der Waals surface area contributed by atoms with E-state index in [1.54, 1.807) is 124 Å². The second kappa shape index (κ2) is 52.0. The summed E-state index contributed by atoms with van der Waals surface area (Å²) in [6.07, 6.45) is 23.1. The molecule has 6 aromatic carbocycles. The molecular weight excluding hydrogens is 2020 g/mol. The summed E-state index contributed by atoms with van der Waals surface area (Å²) in [5.74, 6) is -2.44. The summed E-state index contributed by atoms with van der Waals surface area (Å²) in [5.41, 5.74) is 20.6. The molecule has 12 aromatic rings. The molecule has 0 aliphatic carbocycles. The van der Waals surface area contributed by atoms with Gasteiger partial charge >= 0.3 is 11.9 Å². The topological polar surface area (TPSA) is 430 Å². The lowest BCUT2D eigenvalue weighted by Crippen LogP contribution is -2.31. The lowest BCUT2D eigenvalue weighted by atomic mass is 9.90. The first-order valence-corrected chi connectivity index (χ1v) is 49.7. The van der Waals surface area contributed by atoms with E-state index in [1.807, 2.05) is 145 Å². The number of aliphatic carboxylic acids is 2. The van der Waals surface area contributed by atoms with Crippen molar-refractivity contribution in [3.8, 4) is 51.6 Å². The van der Waals surface area contributed by atoms with E-state index in [9.17, 15) is 69.8 Å². The van der Waals surface area contributed by atoms with Crippen LogP contribution in [-0.2, 0) is 35.8 Å². The fraction of sp³-hybridized carbons (Fsp3) is 0.281. The highest BCUT2D eigenvalue weighted by Crippen LogP contribution is 2.40. The summed E-state index contributed by atoms with van der Waals surface area (Å²) in [7, 11) is 0. The first-order chi connectivity index (χ1) is 70.5. The van der Waals surface area contributed by atoms with E-state index in [4.69, 9.17) is 39.9 Å². The predicted octanol–water partition coefficient (Wildman–Crippen LogP) is 20.2. The molecule has 6 aromatic heterocycles. The lowest BCUT2D eigenvalue weighted by Gasteiger charge is -2.21. The Hall–Kier alpha value is -14.1. The summed E-state index contributed by atoms with van der Waals surface area (Å²) in [6.45, 7) is 28.5. The molecule has 2 unspecified atom stereocenters. The van der Waals surface area contributed by atoms with Crippen LogP contribution in [0.25, 0.3) is 63.8 Å². The van der Waals surface area contributed by atoms with E-state index < -0.39 is 22.8 Å². The number of nitrogens with one attached hydrogen (secondary N) is 4. The number of benzene rings is 6. The average molecular weight is 2140 g/mol. The quantitative estimate of drug-likeness (QED) is 0.0227. The number of aliphatic hydroxyl groups excluding tert-OH is 3. The van der Waals surface area contributed by atoms with Crippen molar-refractivity contribution in [2.45, 2.75) is 132 Å². The van der Waals surface area contributed by atoms with Crippen LogP contribution in [0, 0.1) is 86.4 Å². The van der Waals surface area contributed by atoms with E-state index in [2.05, 4.69) is 111 Å². The number of nitrogens with zero attached hydrogens (tertiary/aromatic N) is 13. The maximum atomic E-state index is 13.2. The zero-order valence-corrected chi connectivity index (χ0v) is 87.7. The molecule has 5 aliphatic rings. The van der Waals surface area contributed by atoms with Crippen molar-refractivity contribution in [3.63, 3.8) is 0 Å². The molecule has 17 rings (SSSR count). The largest absolute Gasteiger partial charge is 0.481 e. The summed E-state index contributed by atoms with van der Waals surface area (Å²) < 4.78 is 0.822. The highest BCUT2D eigenvalue weighted by Gasteiger charge is 2.41. The fourth-order valence-electron chi connectivity index (χ4n) is 18.0. The number of hydrogen-bond donors (Lipinski definition) is 9. The van der Waals surface area contributed by atoms with E-state index >= 15 is 0 Å². The number of amides is 3. The maximum absolute atomic E-state index is 13.2. The van der Waals surface area contributed by atoms with Crippen molar-refractivity contribution in [2.75, 3.05) is 81.4 Å². The smallest absolute Gasteiger partial charge is 0.310 e. The van der Waals surface area contributed by atoms with Gasteiger partial charge in [-0.15, -0.1) is 12.4 Å². The molecule has 0 spiro atoms. The number of carboxylic acids is 2. The van der Waals surface area contributed by atoms with Gasteiger partial charge in [-0.05, 0) is 303 Å². The summed E-state index contributed by atoms with van der Waals surface area (Å²) in [5, 5.41) is 90.9. The molecule has 5 atom stereocenters. The Morgan fingerprint density at radius 3 is 1.18 bits per heavy atom. The summed E-state index contributed by atoms with van der Waals surface area (Å²) in [4.78, 5) is 118. The SMILES string of the molecule is C=Cc1nccc(-c2cccc(NC(=O)c3ccc(CN4CC[C@@H](O)C4)cn3)c2C)c1C#N.CC1(C(=O)O)CCNC1.Cc1cc(/C=C/c2nccc(-c3cccc(NC(=O)c4ccc(CN5CC[C@@H](O)C5)cn4)c3C)c2C#N)c(Cl)cc1C=O.Cc1cc(/C=C/c2nccc(-c3cccc(NC(=O)c4ccc(CN5CC[C@@H](O)C5)cn4)c3C)c2C#N)c(Cl)cc1CN1CCC(C)(C(=O)O)C1.Cc1cc(Br)c(Cl)cc1C=O.Cl. The second-order valence-corrected chi connectivity index (χ2v) is 39.6. The number of pyridine rings is 6. The molecule has 0 bridgehead atoms. The standard InChI is InChI=1S/C40H41ClN6O4.C34H30ClN5O3.C26H25N5O2.C8H6BrClO.C6H11NO2.ClH/c1-25-17-28(34(41)18-29(25)22-47-16-13-40(3,24-47)39(50)51)8-10-36-33(19-42)32(11-14-43-36)31-5-4-6-35(26(31)2)45-38(49)37-9-7-27(20-44-37)21-46-15-12-30(48)23-46;1-21-14-24(30(35)15-25(21)20-41)7-9-32-29(16-36)28(10-12-37-32)27-4-3-5-31(22(27)2)39-34(43)33-8-6-23(17-38-33)18-40-13-11-26(42)19-40;1-3-23-22(13-27)21(9-11-28-23)20-5-4-6-24(17(20)2)30-26(33)25-8-7-18(14-29-25)15-31-12-10-19(32)16-31;1-5-2-7(9)8(10)3-6(5)4-11;1-6(5(8)9)2-3-7-4-6;/h4-11,14,17-18,20,30,48H,12-13,15-16,21-24H2,1-3H3,(H,45,49)(H,50,51);3-10,12,14-15,17,20,26,42H,11,13,18-19H2,1-2H3,(H,39,43);3-9,11,14,19,32H,1,10,12,15-16H2,2H3,(H,30,33);2-4H,1H3;7H,2-4H2,1H3,(H,8,9);1H/b10-8+;9-7+;;;;/t30-,40?;26-;19-;;;/m111.../s1. The zero-order valence-electron chi connectivity index (χ0n) is 83.1. The number of aliphatic hydroxyl groups is 3. The van der Waals surface area contributed by atoms with Crippen LogP contribution in [0.4, 0.5) is 17.1 Å². The molecule has 0 radical (unpaired) electrons. The van der Waals surface area contributed by atoms with Gasteiger partial charge in [-0.25, -0.2) is 0 Å². The normalized spacial score (nSPS) is 17.4. The minimum absolute atomic E-state index is 0.